The lowest BCUT2D eigenvalue weighted by atomic mass is 10.1. The van der Waals surface area contributed by atoms with E-state index in [0.29, 0.717) is 30.5 Å². The zero-order valence-corrected chi connectivity index (χ0v) is 16.9. The number of aromatic nitrogens is 2. The lowest BCUT2D eigenvalue weighted by Crippen LogP contribution is -2.49. The van der Waals surface area contributed by atoms with Crippen LogP contribution in [0.5, 0.6) is 5.75 Å². The van der Waals surface area contributed by atoms with E-state index in [1.807, 2.05) is 29.2 Å². The predicted molar refractivity (Wildman–Crippen MR) is 111 cm³/mol. The highest BCUT2D eigenvalue weighted by molar-refractivity contribution is 5.92. The van der Waals surface area contributed by atoms with Crippen molar-refractivity contribution in [3.63, 3.8) is 0 Å². The van der Waals surface area contributed by atoms with E-state index in [4.69, 9.17) is 4.74 Å². The molecule has 0 bridgehead atoms. The molecule has 7 heteroatoms. The number of hydrogen-bond acceptors (Lipinski definition) is 6. The summed E-state index contributed by atoms with van der Waals surface area (Å²) in [5, 5.41) is 3.24. The van der Waals surface area contributed by atoms with Crippen molar-refractivity contribution < 1.29 is 9.53 Å². The maximum Gasteiger partial charge on any atom is 0.274 e. The molecule has 0 aliphatic carbocycles. The predicted octanol–water partition coefficient (Wildman–Crippen LogP) is 2.91. The minimum Gasteiger partial charge on any atom is -0.495 e. The van der Waals surface area contributed by atoms with Gasteiger partial charge in [-0.3, -0.25) is 4.79 Å². The Balaban J connectivity index is 1.55. The minimum absolute atomic E-state index is 0.0686. The fourth-order valence-electron chi connectivity index (χ4n) is 3.22. The van der Waals surface area contributed by atoms with Crippen molar-refractivity contribution in [2.45, 2.75) is 20.3 Å². The average molecular weight is 383 g/mol. The molecule has 2 aromatic rings. The van der Waals surface area contributed by atoms with Crippen LogP contribution >= 0.6 is 0 Å². The van der Waals surface area contributed by atoms with E-state index in [0.717, 1.165) is 37.5 Å². The van der Waals surface area contributed by atoms with Gasteiger partial charge in [-0.1, -0.05) is 26.0 Å². The van der Waals surface area contributed by atoms with Gasteiger partial charge in [-0.05, 0) is 24.5 Å². The zero-order valence-electron chi connectivity index (χ0n) is 16.9. The van der Waals surface area contributed by atoms with Crippen LogP contribution in [0.15, 0.2) is 36.7 Å². The maximum atomic E-state index is 12.7. The van der Waals surface area contributed by atoms with Crippen molar-refractivity contribution in [3.8, 4) is 5.75 Å². The molecule has 3 rings (SSSR count). The molecule has 1 amide bonds. The summed E-state index contributed by atoms with van der Waals surface area (Å²) >= 11 is 0. The van der Waals surface area contributed by atoms with Gasteiger partial charge < -0.3 is 19.9 Å². The molecule has 1 aromatic heterocycles. The van der Waals surface area contributed by atoms with Crippen molar-refractivity contribution in [2.24, 2.45) is 5.92 Å². The Kier molecular flexibility index (Phi) is 6.68. The standard InChI is InChI=1S/C21H29N5O2/c1-16(2)8-9-22-20-15-23-17(14-24-20)21(27)26-12-10-25(11-13-26)18-6-4-5-7-19(18)28-3/h4-7,14-16H,8-13H2,1-3H3,(H,22,24). The second kappa shape index (κ2) is 9.39. The first-order valence-electron chi connectivity index (χ1n) is 9.81. The molecular weight excluding hydrogens is 354 g/mol. The molecule has 1 aliphatic rings. The van der Waals surface area contributed by atoms with Crippen LogP contribution < -0.4 is 15.0 Å². The summed E-state index contributed by atoms with van der Waals surface area (Å²) in [7, 11) is 1.68. The Morgan fingerprint density at radius 1 is 1.14 bits per heavy atom. The van der Waals surface area contributed by atoms with Gasteiger partial charge in [0.05, 0.1) is 25.2 Å². The van der Waals surface area contributed by atoms with Crippen molar-refractivity contribution in [3.05, 3.63) is 42.4 Å². The summed E-state index contributed by atoms with van der Waals surface area (Å²) in [4.78, 5) is 25.5. The Bertz CT molecular complexity index is 771. The third-order valence-corrected chi connectivity index (χ3v) is 4.89. The van der Waals surface area contributed by atoms with E-state index in [-0.39, 0.29) is 5.91 Å². The van der Waals surface area contributed by atoms with E-state index in [2.05, 4.69) is 34.0 Å². The van der Waals surface area contributed by atoms with E-state index >= 15 is 0 Å². The highest BCUT2D eigenvalue weighted by Gasteiger charge is 2.24. The van der Waals surface area contributed by atoms with Crippen molar-refractivity contribution in [1.29, 1.82) is 0 Å². The smallest absolute Gasteiger partial charge is 0.274 e. The van der Waals surface area contributed by atoms with Crippen LogP contribution in [0.4, 0.5) is 11.5 Å². The Morgan fingerprint density at radius 2 is 1.89 bits per heavy atom. The van der Waals surface area contributed by atoms with Gasteiger partial charge in [0.2, 0.25) is 0 Å². The quantitative estimate of drug-likeness (QED) is 0.793. The number of anilines is 2. The molecular formula is C21H29N5O2. The summed E-state index contributed by atoms with van der Waals surface area (Å²) in [5.74, 6) is 2.13. The van der Waals surface area contributed by atoms with Crippen LogP contribution in [0.2, 0.25) is 0 Å². The number of nitrogens with zero attached hydrogens (tertiary/aromatic N) is 4. The molecule has 1 N–H and O–H groups in total. The van der Waals surface area contributed by atoms with Crippen LogP contribution in [0.3, 0.4) is 0 Å². The Labute approximate surface area is 166 Å². The Morgan fingerprint density at radius 3 is 2.54 bits per heavy atom. The van der Waals surface area contributed by atoms with Gasteiger partial charge in [0.1, 0.15) is 17.3 Å². The van der Waals surface area contributed by atoms with E-state index in [1.54, 1.807) is 19.5 Å². The van der Waals surface area contributed by atoms with Gasteiger partial charge >= 0.3 is 0 Å². The molecule has 1 aliphatic heterocycles. The van der Waals surface area contributed by atoms with Gasteiger partial charge in [-0.15, -0.1) is 0 Å². The van der Waals surface area contributed by atoms with Gasteiger partial charge in [0.15, 0.2) is 0 Å². The van der Waals surface area contributed by atoms with Crippen LogP contribution in [-0.4, -0.2) is 60.6 Å². The van der Waals surface area contributed by atoms with Crippen molar-refractivity contribution in [2.75, 3.05) is 50.1 Å². The average Bonchev–Trinajstić information content (AvgIpc) is 2.73. The summed E-state index contributed by atoms with van der Waals surface area (Å²) in [6.07, 6.45) is 4.27. The number of carbonyl (C=O) groups is 1. The molecule has 0 atom stereocenters. The first-order valence-corrected chi connectivity index (χ1v) is 9.81. The van der Waals surface area contributed by atoms with Crippen molar-refractivity contribution in [1.82, 2.24) is 14.9 Å². The van der Waals surface area contributed by atoms with Gasteiger partial charge in [-0.25, -0.2) is 9.97 Å². The number of amides is 1. The zero-order chi connectivity index (χ0) is 19.9. The topological polar surface area (TPSA) is 70.6 Å². The number of piperazine rings is 1. The number of rotatable bonds is 7. The minimum atomic E-state index is -0.0686. The molecule has 150 valence electrons. The molecule has 2 heterocycles. The third-order valence-electron chi connectivity index (χ3n) is 4.89. The maximum absolute atomic E-state index is 12.7. The number of para-hydroxylation sites is 2. The lowest BCUT2D eigenvalue weighted by molar-refractivity contribution is 0.0740. The van der Waals surface area contributed by atoms with Gasteiger partial charge in [0.25, 0.3) is 5.91 Å². The van der Waals surface area contributed by atoms with E-state index in [1.165, 1.54) is 0 Å². The third kappa shape index (κ3) is 4.91. The molecule has 7 nitrogen and oxygen atoms in total. The summed E-state index contributed by atoms with van der Waals surface area (Å²) < 4.78 is 5.45. The number of benzene rings is 1. The lowest BCUT2D eigenvalue weighted by Gasteiger charge is -2.36. The number of nitrogens with one attached hydrogen (secondary N) is 1. The molecule has 1 fully saturated rings. The second-order valence-corrected chi connectivity index (χ2v) is 7.35. The molecule has 0 spiro atoms. The first kappa shape index (κ1) is 19.9. The summed E-state index contributed by atoms with van der Waals surface area (Å²) in [6, 6.07) is 7.97. The van der Waals surface area contributed by atoms with Crippen molar-refractivity contribution >= 4 is 17.4 Å². The molecule has 1 aromatic carbocycles. The van der Waals surface area contributed by atoms with E-state index < -0.39 is 0 Å². The fourth-order valence-corrected chi connectivity index (χ4v) is 3.22. The van der Waals surface area contributed by atoms with Gasteiger partial charge in [-0.2, -0.15) is 0 Å². The van der Waals surface area contributed by atoms with E-state index in [9.17, 15) is 4.79 Å². The number of hydrogen-bond donors (Lipinski definition) is 1. The van der Waals surface area contributed by atoms with Crippen LogP contribution in [0, 0.1) is 5.92 Å². The second-order valence-electron chi connectivity index (χ2n) is 7.35. The summed E-state index contributed by atoms with van der Waals surface area (Å²) in [6.45, 7) is 8.03. The number of ether oxygens (including phenoxy) is 1. The number of carbonyl (C=O) groups excluding carboxylic acids is 1. The largest absolute Gasteiger partial charge is 0.495 e. The molecule has 0 saturated carbocycles. The van der Waals surface area contributed by atoms with Gasteiger partial charge in [0, 0.05) is 32.7 Å². The Hall–Kier alpha value is -2.83. The molecule has 1 saturated heterocycles. The fraction of sp³-hybridized carbons (Fsp3) is 0.476. The summed E-state index contributed by atoms with van der Waals surface area (Å²) in [5.41, 5.74) is 1.45. The first-order chi connectivity index (χ1) is 13.6. The monoisotopic (exact) mass is 383 g/mol. The highest BCUT2D eigenvalue weighted by atomic mass is 16.5. The molecule has 0 unspecified atom stereocenters. The normalized spacial score (nSPS) is 14.3. The highest BCUT2D eigenvalue weighted by Crippen LogP contribution is 2.28. The number of methoxy groups -OCH3 is 1. The van der Waals surface area contributed by atoms with Crippen LogP contribution in [0.1, 0.15) is 30.8 Å². The van der Waals surface area contributed by atoms with Crippen LogP contribution in [0.25, 0.3) is 0 Å². The molecule has 0 radical (unpaired) electrons. The molecule has 28 heavy (non-hydrogen) atoms. The van der Waals surface area contributed by atoms with Crippen LogP contribution in [-0.2, 0) is 0 Å². The SMILES string of the molecule is COc1ccccc1N1CCN(C(=O)c2cnc(NCCC(C)C)cn2)CC1.